The van der Waals surface area contributed by atoms with E-state index in [9.17, 15) is 24.0 Å². The highest BCUT2D eigenvalue weighted by Crippen LogP contribution is 2.43. The third kappa shape index (κ3) is 11.1. The zero-order chi connectivity index (χ0) is 50.4. The largest absolute Gasteiger partial charge is 0.497 e. The minimum atomic E-state index is -1.31. The quantitative estimate of drug-likeness (QED) is 0.0503. The van der Waals surface area contributed by atoms with Crippen LogP contribution in [-0.2, 0) is 54.6 Å². The van der Waals surface area contributed by atoms with Gasteiger partial charge in [0.2, 0.25) is 0 Å². The van der Waals surface area contributed by atoms with Gasteiger partial charge in [0.25, 0.3) is 0 Å². The number of carboxylic acids is 1. The normalized spacial score (nSPS) is 11.4. The molecule has 0 aliphatic heterocycles. The molecule has 0 saturated heterocycles. The van der Waals surface area contributed by atoms with Crippen molar-refractivity contribution in [2.45, 2.75) is 43.7 Å². The number of rotatable bonds is 24. The number of carboxylic acid groups (broad SMARTS) is 1. The number of aliphatic carboxylic acids is 1. The summed E-state index contributed by atoms with van der Waals surface area (Å²) in [5.41, 5.74) is -1.18. The maximum absolute atomic E-state index is 14.7. The molecule has 0 radical (unpaired) electrons. The van der Waals surface area contributed by atoms with Gasteiger partial charge in [-0.1, -0.05) is 109 Å². The van der Waals surface area contributed by atoms with Gasteiger partial charge in [0.05, 0.1) is 74.1 Å². The Kier molecular flexibility index (Phi) is 16.7. The number of carbonyl (C=O) groups excluding carboxylic acids is 1. The Labute approximate surface area is 409 Å². The molecule has 368 valence electrons. The van der Waals surface area contributed by atoms with Gasteiger partial charge in [-0.2, -0.15) is 0 Å². The smallest absolute Gasteiger partial charge is 0.336 e. The van der Waals surface area contributed by atoms with Crippen LogP contribution in [-0.4, -0.2) is 79.0 Å². The Hall–Kier alpha value is -8.21. The van der Waals surface area contributed by atoms with E-state index in [-0.39, 0.29) is 26.3 Å². The predicted molar refractivity (Wildman–Crippen MR) is 264 cm³/mol. The maximum atomic E-state index is 14.7. The number of ether oxygens (including phenoxy) is 7. The van der Waals surface area contributed by atoms with Gasteiger partial charge < -0.3 is 38.3 Å². The van der Waals surface area contributed by atoms with Crippen molar-refractivity contribution < 1.29 is 47.9 Å². The van der Waals surface area contributed by atoms with E-state index >= 15 is 0 Å². The van der Waals surface area contributed by atoms with E-state index in [1.807, 2.05) is 158 Å². The average Bonchev–Trinajstić information content (AvgIpc) is 3.41. The fourth-order valence-corrected chi connectivity index (χ4v) is 8.52. The van der Waals surface area contributed by atoms with Crippen molar-refractivity contribution in [3.8, 4) is 23.0 Å². The molecular weight excluding hydrogens is 911 g/mol. The van der Waals surface area contributed by atoms with Crippen molar-refractivity contribution in [3.63, 3.8) is 0 Å². The second-order valence-corrected chi connectivity index (χ2v) is 16.1. The Morgan fingerprint density at radius 2 is 0.690 bits per heavy atom. The van der Waals surface area contributed by atoms with E-state index in [1.54, 1.807) is 28.4 Å². The lowest BCUT2D eigenvalue weighted by Crippen LogP contribution is -2.56. The Balaban J connectivity index is 1.30. The van der Waals surface area contributed by atoms with Crippen LogP contribution >= 0.6 is 0 Å². The Bertz CT molecular complexity index is 2760. The highest BCUT2D eigenvalue weighted by Gasteiger charge is 2.39. The van der Waals surface area contributed by atoms with E-state index in [2.05, 4.69) is 0 Å². The summed E-state index contributed by atoms with van der Waals surface area (Å²) in [5.74, 6) is 0.439. The fraction of sp³-hybridized carbons (Fsp3) is 0.255. The number of hydrogen-bond acceptors (Lipinski definition) is 12. The summed E-state index contributed by atoms with van der Waals surface area (Å²) in [7, 11) is 6.28. The molecule has 1 aromatic heterocycles. The van der Waals surface area contributed by atoms with Crippen molar-refractivity contribution in [1.29, 1.82) is 0 Å². The van der Waals surface area contributed by atoms with Crippen molar-refractivity contribution >= 4 is 11.9 Å². The van der Waals surface area contributed by atoms with Crippen molar-refractivity contribution in [3.05, 3.63) is 223 Å². The Morgan fingerprint density at radius 3 is 0.972 bits per heavy atom. The monoisotopic (exact) mass is 965 g/mol. The summed E-state index contributed by atoms with van der Waals surface area (Å²) in [5, 5.41) is 9.07. The second kappa shape index (κ2) is 23.4. The molecule has 6 aromatic carbocycles. The predicted octanol–water partition coefficient (Wildman–Crippen LogP) is 6.63. The first-order valence-corrected chi connectivity index (χ1v) is 22.8. The zero-order valence-electron chi connectivity index (χ0n) is 39.9. The lowest BCUT2D eigenvalue weighted by molar-refractivity contribution is -0.148. The van der Waals surface area contributed by atoms with Gasteiger partial charge in [-0.15, -0.1) is 0 Å². The third-order valence-corrected chi connectivity index (χ3v) is 12.1. The van der Waals surface area contributed by atoms with Gasteiger partial charge >= 0.3 is 29.0 Å². The van der Waals surface area contributed by atoms with Crippen molar-refractivity contribution in [2.75, 3.05) is 48.3 Å². The second-order valence-electron chi connectivity index (χ2n) is 16.1. The van der Waals surface area contributed by atoms with E-state index in [0.29, 0.717) is 45.3 Å². The first-order chi connectivity index (χ1) is 34.5. The Morgan fingerprint density at radius 1 is 0.408 bits per heavy atom. The molecular formula is C55H55N3O13. The van der Waals surface area contributed by atoms with Crippen molar-refractivity contribution in [1.82, 2.24) is 13.7 Å². The molecule has 1 heterocycles. The number of hydrogen-bond donors (Lipinski definition) is 1. The molecule has 0 fully saturated rings. The first kappa shape index (κ1) is 50.7. The molecule has 16 nitrogen and oxygen atoms in total. The van der Waals surface area contributed by atoms with Crippen LogP contribution in [0.25, 0.3) is 0 Å². The van der Waals surface area contributed by atoms with Gasteiger partial charge in [-0.05, 0) is 81.9 Å². The molecule has 1 N–H and O–H groups in total. The number of methoxy groups -OCH3 is 4. The molecule has 0 saturated carbocycles. The summed E-state index contributed by atoms with van der Waals surface area (Å²) >= 11 is 0. The number of esters is 1. The molecule has 0 aliphatic carbocycles. The minimum Gasteiger partial charge on any atom is -0.497 e. The minimum absolute atomic E-state index is 0.229. The van der Waals surface area contributed by atoms with Gasteiger partial charge in [-0.25, -0.2) is 28.1 Å². The number of benzene rings is 6. The number of carbonyl (C=O) groups is 2. The molecule has 0 unspecified atom stereocenters. The summed E-state index contributed by atoms with van der Waals surface area (Å²) in [4.78, 5) is 67.1. The topological polar surface area (TPSA) is 185 Å². The highest BCUT2D eigenvalue weighted by atomic mass is 16.5. The first-order valence-electron chi connectivity index (χ1n) is 22.8. The van der Waals surface area contributed by atoms with Crippen molar-refractivity contribution in [2.24, 2.45) is 0 Å². The van der Waals surface area contributed by atoms with Crippen LogP contribution in [0.15, 0.2) is 172 Å². The van der Waals surface area contributed by atoms with E-state index in [1.165, 1.54) is 0 Å². The third-order valence-electron chi connectivity index (χ3n) is 12.1. The van der Waals surface area contributed by atoms with Gasteiger partial charge in [0, 0.05) is 0 Å². The summed E-state index contributed by atoms with van der Waals surface area (Å²) in [6.45, 7) is -2.03. The number of aromatic nitrogens is 3. The molecule has 7 rings (SSSR count). The maximum Gasteiger partial charge on any atom is 0.336 e. The van der Waals surface area contributed by atoms with Gasteiger partial charge in [0.15, 0.2) is 0 Å². The van der Waals surface area contributed by atoms with Crippen LogP contribution in [0, 0.1) is 0 Å². The van der Waals surface area contributed by atoms with Crippen LogP contribution in [0.4, 0.5) is 0 Å². The fourth-order valence-electron chi connectivity index (χ4n) is 8.52. The lowest BCUT2D eigenvalue weighted by atomic mass is 9.80. The molecule has 16 heteroatoms. The number of nitrogens with zero attached hydrogens (tertiary/aromatic N) is 3. The summed E-state index contributed by atoms with van der Waals surface area (Å²) in [6, 6.07) is 48.4. The summed E-state index contributed by atoms with van der Waals surface area (Å²) < 4.78 is 43.8. The highest BCUT2D eigenvalue weighted by molar-refractivity contribution is 5.76. The molecule has 0 atom stereocenters. The standard InChI is InChI=1S/C55H55N3O13/c1-65-45-23-15-41(16-24-45)54(39-11-7-5-8-12-39,42-17-25-46(66-2)26-18-42)70-37-34-57-51(62)56(33-36-69-50(61)32-31-49(59)60)52(63)58(53(57)64)35-38-71-55(40-13-9-6-10-14-40,43-19-27-47(67-3)28-20-43)44-21-29-48(68-4)30-22-44/h5-30H,31-38H2,1-4H3,(H,59,60). The average molecular weight is 966 g/mol. The lowest BCUT2D eigenvalue weighted by Gasteiger charge is -2.36. The molecule has 7 aromatic rings. The molecule has 0 amide bonds. The van der Waals surface area contributed by atoms with Crippen LogP contribution in [0.5, 0.6) is 23.0 Å². The van der Waals surface area contributed by atoms with Gasteiger partial charge in [-0.3, -0.25) is 9.59 Å². The van der Waals surface area contributed by atoms with E-state index < -0.39 is 66.2 Å². The zero-order valence-corrected chi connectivity index (χ0v) is 39.9. The summed E-state index contributed by atoms with van der Waals surface area (Å²) in [6.07, 6.45) is -0.884. The van der Waals surface area contributed by atoms with Crippen LogP contribution in [0.3, 0.4) is 0 Å². The van der Waals surface area contributed by atoms with E-state index in [4.69, 9.17) is 38.3 Å². The molecule has 0 bridgehead atoms. The van der Waals surface area contributed by atoms with Gasteiger partial charge in [0.1, 0.15) is 40.8 Å². The van der Waals surface area contributed by atoms with Crippen LogP contribution in [0.1, 0.15) is 46.2 Å². The van der Waals surface area contributed by atoms with Crippen LogP contribution < -0.4 is 36.0 Å². The van der Waals surface area contributed by atoms with E-state index in [0.717, 1.165) is 24.8 Å². The SMILES string of the molecule is COc1ccc(C(OCCn2c(=O)n(CCOC(=O)CCC(=O)O)c(=O)n(CCOC(c3ccccc3)(c3ccc(OC)cc3)c3ccc(OC)cc3)c2=O)(c2ccccc2)c2ccc(OC)cc2)cc1. The molecule has 0 spiro atoms. The molecule has 0 aliphatic rings. The molecule has 71 heavy (non-hydrogen) atoms. The van der Waals surface area contributed by atoms with Crippen LogP contribution in [0.2, 0.25) is 0 Å².